The SMILES string of the molecule is CN(C)CCCN(C)C(=O)CC1CCCNC1. The van der Waals surface area contributed by atoms with Gasteiger partial charge in [-0.25, -0.2) is 0 Å². The molecule has 0 bridgehead atoms. The molecule has 17 heavy (non-hydrogen) atoms. The number of hydrogen-bond donors (Lipinski definition) is 1. The smallest absolute Gasteiger partial charge is 0.222 e. The summed E-state index contributed by atoms with van der Waals surface area (Å²) in [6.07, 6.45) is 4.18. The minimum Gasteiger partial charge on any atom is -0.346 e. The summed E-state index contributed by atoms with van der Waals surface area (Å²) < 4.78 is 0. The van der Waals surface area contributed by atoms with E-state index in [9.17, 15) is 4.79 Å². The van der Waals surface area contributed by atoms with E-state index in [1.807, 2.05) is 11.9 Å². The number of nitrogens with one attached hydrogen (secondary N) is 1. The van der Waals surface area contributed by atoms with E-state index in [2.05, 4.69) is 24.3 Å². The van der Waals surface area contributed by atoms with E-state index in [1.165, 1.54) is 12.8 Å². The van der Waals surface area contributed by atoms with Crippen LogP contribution >= 0.6 is 0 Å². The van der Waals surface area contributed by atoms with E-state index < -0.39 is 0 Å². The van der Waals surface area contributed by atoms with Crippen LogP contribution < -0.4 is 5.32 Å². The van der Waals surface area contributed by atoms with Gasteiger partial charge in [-0.15, -0.1) is 0 Å². The Bertz CT molecular complexity index is 225. The molecule has 1 atom stereocenters. The van der Waals surface area contributed by atoms with Crippen LogP contribution in [-0.4, -0.2) is 63.0 Å². The molecular formula is C13H27N3O. The highest BCUT2D eigenvalue weighted by molar-refractivity contribution is 5.76. The third-order valence-corrected chi connectivity index (χ3v) is 3.39. The molecule has 1 fully saturated rings. The van der Waals surface area contributed by atoms with Crippen LogP contribution in [0.3, 0.4) is 0 Å². The third kappa shape index (κ3) is 6.03. The predicted molar refractivity (Wildman–Crippen MR) is 71.0 cm³/mol. The van der Waals surface area contributed by atoms with Gasteiger partial charge in [0.05, 0.1) is 0 Å². The van der Waals surface area contributed by atoms with Crippen molar-refractivity contribution in [2.24, 2.45) is 5.92 Å². The van der Waals surface area contributed by atoms with Crippen LogP contribution in [0.2, 0.25) is 0 Å². The molecule has 1 unspecified atom stereocenters. The average molecular weight is 241 g/mol. The van der Waals surface area contributed by atoms with Gasteiger partial charge >= 0.3 is 0 Å². The van der Waals surface area contributed by atoms with Gasteiger partial charge in [-0.3, -0.25) is 4.79 Å². The Kier molecular flexibility index (Phi) is 6.52. The summed E-state index contributed by atoms with van der Waals surface area (Å²) in [6, 6.07) is 0. The zero-order valence-electron chi connectivity index (χ0n) is 11.5. The normalized spacial score (nSPS) is 20.6. The summed E-state index contributed by atoms with van der Waals surface area (Å²) in [4.78, 5) is 16.0. The highest BCUT2D eigenvalue weighted by atomic mass is 16.2. The maximum atomic E-state index is 12.0. The predicted octanol–water partition coefficient (Wildman–Crippen LogP) is 0.786. The Balaban J connectivity index is 2.16. The van der Waals surface area contributed by atoms with Crippen molar-refractivity contribution in [2.75, 3.05) is 47.3 Å². The second-order valence-electron chi connectivity index (χ2n) is 5.39. The number of piperidine rings is 1. The summed E-state index contributed by atoms with van der Waals surface area (Å²) in [5.74, 6) is 0.852. The Morgan fingerprint density at radius 3 is 2.65 bits per heavy atom. The van der Waals surface area contributed by atoms with Gasteiger partial charge in [-0.05, 0) is 58.9 Å². The zero-order valence-corrected chi connectivity index (χ0v) is 11.5. The van der Waals surface area contributed by atoms with Crippen LogP contribution in [-0.2, 0) is 4.79 Å². The molecule has 4 nitrogen and oxygen atoms in total. The van der Waals surface area contributed by atoms with Gasteiger partial charge < -0.3 is 15.1 Å². The Labute approximate surface area is 105 Å². The molecule has 4 heteroatoms. The van der Waals surface area contributed by atoms with Gasteiger partial charge in [0.15, 0.2) is 0 Å². The zero-order chi connectivity index (χ0) is 12.7. The maximum Gasteiger partial charge on any atom is 0.222 e. The molecule has 0 radical (unpaired) electrons. The summed E-state index contributed by atoms with van der Waals surface area (Å²) >= 11 is 0. The van der Waals surface area contributed by atoms with Gasteiger partial charge in [0.25, 0.3) is 0 Å². The second kappa shape index (κ2) is 7.67. The lowest BCUT2D eigenvalue weighted by Gasteiger charge is -2.25. The van der Waals surface area contributed by atoms with Crippen LogP contribution in [0.4, 0.5) is 0 Å². The molecule has 1 aliphatic rings. The van der Waals surface area contributed by atoms with Crippen molar-refractivity contribution in [3.8, 4) is 0 Å². The molecule has 1 heterocycles. The van der Waals surface area contributed by atoms with Crippen molar-refractivity contribution < 1.29 is 4.79 Å². The van der Waals surface area contributed by atoms with Gasteiger partial charge in [0.2, 0.25) is 5.91 Å². The number of carbonyl (C=O) groups is 1. The van der Waals surface area contributed by atoms with Gasteiger partial charge in [0.1, 0.15) is 0 Å². The van der Waals surface area contributed by atoms with Gasteiger partial charge in [0, 0.05) is 20.0 Å². The molecule has 1 aliphatic heterocycles. The summed E-state index contributed by atoms with van der Waals surface area (Å²) in [5.41, 5.74) is 0. The number of nitrogens with zero attached hydrogens (tertiary/aromatic N) is 2. The third-order valence-electron chi connectivity index (χ3n) is 3.39. The summed E-state index contributed by atoms with van der Waals surface area (Å²) in [6.45, 7) is 4.04. The molecule has 1 N–H and O–H groups in total. The number of carbonyl (C=O) groups excluding carboxylic acids is 1. The van der Waals surface area contributed by atoms with Crippen molar-refractivity contribution in [1.82, 2.24) is 15.1 Å². The molecular weight excluding hydrogens is 214 g/mol. The largest absolute Gasteiger partial charge is 0.346 e. The molecule has 1 rings (SSSR count). The van der Waals surface area contributed by atoms with Crippen molar-refractivity contribution in [3.63, 3.8) is 0 Å². The van der Waals surface area contributed by atoms with Crippen molar-refractivity contribution >= 4 is 5.91 Å². The van der Waals surface area contributed by atoms with Crippen LogP contribution in [0.5, 0.6) is 0 Å². The first kappa shape index (κ1) is 14.5. The van der Waals surface area contributed by atoms with E-state index in [0.717, 1.165) is 32.6 Å². The fraction of sp³-hybridized carbons (Fsp3) is 0.923. The van der Waals surface area contributed by atoms with Crippen molar-refractivity contribution in [3.05, 3.63) is 0 Å². The Morgan fingerprint density at radius 2 is 2.06 bits per heavy atom. The first-order chi connectivity index (χ1) is 8.09. The van der Waals surface area contributed by atoms with E-state index in [1.54, 1.807) is 0 Å². The van der Waals surface area contributed by atoms with Crippen molar-refractivity contribution in [1.29, 1.82) is 0 Å². The van der Waals surface area contributed by atoms with Crippen LogP contribution in [0, 0.1) is 5.92 Å². The van der Waals surface area contributed by atoms with Crippen LogP contribution in [0.15, 0.2) is 0 Å². The van der Waals surface area contributed by atoms with E-state index in [4.69, 9.17) is 0 Å². The number of rotatable bonds is 6. The number of hydrogen-bond acceptors (Lipinski definition) is 3. The van der Waals surface area contributed by atoms with Crippen LogP contribution in [0.25, 0.3) is 0 Å². The molecule has 0 spiro atoms. The van der Waals surface area contributed by atoms with E-state index >= 15 is 0 Å². The highest BCUT2D eigenvalue weighted by Crippen LogP contribution is 2.15. The molecule has 0 saturated carbocycles. The van der Waals surface area contributed by atoms with Crippen LogP contribution in [0.1, 0.15) is 25.7 Å². The molecule has 0 aromatic carbocycles. The van der Waals surface area contributed by atoms with Gasteiger partial charge in [-0.2, -0.15) is 0 Å². The topological polar surface area (TPSA) is 35.6 Å². The molecule has 0 aliphatic carbocycles. The van der Waals surface area contributed by atoms with Crippen molar-refractivity contribution in [2.45, 2.75) is 25.7 Å². The minimum atomic E-state index is 0.303. The molecule has 1 saturated heterocycles. The number of amides is 1. The fourth-order valence-corrected chi connectivity index (χ4v) is 2.25. The first-order valence-electron chi connectivity index (χ1n) is 6.69. The standard InChI is InChI=1S/C13H27N3O/c1-15(2)8-5-9-16(3)13(17)10-12-6-4-7-14-11-12/h12,14H,4-11H2,1-3H3. The molecule has 0 aromatic heterocycles. The minimum absolute atomic E-state index is 0.303. The van der Waals surface area contributed by atoms with Gasteiger partial charge in [-0.1, -0.05) is 0 Å². The second-order valence-corrected chi connectivity index (χ2v) is 5.39. The lowest BCUT2D eigenvalue weighted by Crippen LogP contribution is -2.35. The van der Waals surface area contributed by atoms with E-state index in [-0.39, 0.29) is 0 Å². The molecule has 0 aromatic rings. The average Bonchev–Trinajstić information content (AvgIpc) is 2.29. The molecule has 1 amide bonds. The monoisotopic (exact) mass is 241 g/mol. The lowest BCUT2D eigenvalue weighted by atomic mass is 9.96. The molecule has 100 valence electrons. The first-order valence-corrected chi connectivity index (χ1v) is 6.69. The summed E-state index contributed by atoms with van der Waals surface area (Å²) in [5, 5.41) is 3.36. The lowest BCUT2D eigenvalue weighted by molar-refractivity contribution is -0.131. The Hall–Kier alpha value is -0.610. The van der Waals surface area contributed by atoms with E-state index in [0.29, 0.717) is 18.2 Å². The highest BCUT2D eigenvalue weighted by Gasteiger charge is 2.18. The maximum absolute atomic E-state index is 12.0. The fourth-order valence-electron chi connectivity index (χ4n) is 2.25. The Morgan fingerprint density at radius 1 is 1.29 bits per heavy atom. The summed E-state index contributed by atoms with van der Waals surface area (Å²) in [7, 11) is 6.05. The quantitative estimate of drug-likeness (QED) is 0.747.